The Morgan fingerprint density at radius 1 is 1.20 bits per heavy atom. The van der Waals surface area contributed by atoms with Gasteiger partial charge in [-0.05, 0) is 20.0 Å². The topological polar surface area (TPSA) is 56.3 Å². The van der Waals surface area contributed by atoms with Crippen molar-refractivity contribution in [3.8, 4) is 11.8 Å². The molecular weight excluding hydrogens is 194 g/mol. The fraction of sp³-hybridized carbons (Fsp3) is 0.600. The van der Waals surface area contributed by atoms with Crippen molar-refractivity contribution in [2.75, 3.05) is 27.8 Å². The Hall–Kier alpha value is -1.36. The fourth-order valence-corrected chi connectivity index (χ4v) is 1.19. The van der Waals surface area contributed by atoms with Crippen LogP contribution in [0.15, 0.2) is 6.07 Å². The first kappa shape index (κ1) is 11.7. The van der Waals surface area contributed by atoms with Crippen molar-refractivity contribution >= 4 is 0 Å². The van der Waals surface area contributed by atoms with E-state index in [1.165, 1.54) is 0 Å². The first-order valence-corrected chi connectivity index (χ1v) is 4.90. The molecule has 0 spiro atoms. The Morgan fingerprint density at radius 3 is 2.27 bits per heavy atom. The van der Waals surface area contributed by atoms with Gasteiger partial charge in [-0.2, -0.15) is 9.97 Å². The molecule has 84 valence electrons. The zero-order chi connectivity index (χ0) is 11.1. The lowest BCUT2D eigenvalue weighted by molar-refractivity contribution is 0.368. The van der Waals surface area contributed by atoms with Crippen LogP contribution in [0.5, 0.6) is 11.8 Å². The molecule has 0 saturated heterocycles. The van der Waals surface area contributed by atoms with E-state index in [1.54, 1.807) is 20.3 Å². The standard InChI is InChI=1S/C10H17N3O2/c1-11-6-4-5-8-12-9(14-2)7-10(13-8)15-3/h7,11H,4-6H2,1-3H3. The van der Waals surface area contributed by atoms with Gasteiger partial charge in [-0.1, -0.05) is 0 Å². The molecule has 1 aromatic rings. The van der Waals surface area contributed by atoms with Gasteiger partial charge in [0.15, 0.2) is 0 Å². The molecule has 0 amide bonds. The second-order valence-corrected chi connectivity index (χ2v) is 3.08. The van der Waals surface area contributed by atoms with Crippen LogP contribution in [0.3, 0.4) is 0 Å². The highest BCUT2D eigenvalue weighted by Gasteiger charge is 2.04. The van der Waals surface area contributed by atoms with Crippen LogP contribution in [0.4, 0.5) is 0 Å². The van der Waals surface area contributed by atoms with Crippen LogP contribution in [0, 0.1) is 0 Å². The highest BCUT2D eigenvalue weighted by Crippen LogP contribution is 2.15. The van der Waals surface area contributed by atoms with Gasteiger partial charge in [-0.25, -0.2) is 0 Å². The molecule has 1 N–H and O–H groups in total. The molecule has 0 saturated carbocycles. The third kappa shape index (κ3) is 3.71. The van der Waals surface area contributed by atoms with Gasteiger partial charge in [0.2, 0.25) is 11.8 Å². The highest BCUT2D eigenvalue weighted by atomic mass is 16.5. The maximum Gasteiger partial charge on any atom is 0.220 e. The van der Waals surface area contributed by atoms with Crippen LogP contribution in [-0.4, -0.2) is 37.8 Å². The average Bonchev–Trinajstić information content (AvgIpc) is 2.29. The van der Waals surface area contributed by atoms with E-state index in [9.17, 15) is 0 Å². The first-order valence-electron chi connectivity index (χ1n) is 4.90. The number of methoxy groups -OCH3 is 2. The number of nitrogens with zero attached hydrogens (tertiary/aromatic N) is 2. The summed E-state index contributed by atoms with van der Waals surface area (Å²) in [6, 6.07) is 1.67. The molecule has 0 radical (unpaired) electrons. The Balaban J connectivity index is 2.68. The van der Waals surface area contributed by atoms with E-state index in [0.717, 1.165) is 25.2 Å². The van der Waals surface area contributed by atoms with E-state index in [-0.39, 0.29) is 0 Å². The van der Waals surface area contributed by atoms with E-state index in [0.29, 0.717) is 11.8 Å². The molecular formula is C10H17N3O2. The molecule has 5 nitrogen and oxygen atoms in total. The number of nitrogens with one attached hydrogen (secondary N) is 1. The van der Waals surface area contributed by atoms with E-state index < -0.39 is 0 Å². The second-order valence-electron chi connectivity index (χ2n) is 3.08. The van der Waals surface area contributed by atoms with Crippen LogP contribution in [-0.2, 0) is 6.42 Å². The summed E-state index contributed by atoms with van der Waals surface area (Å²) in [5.41, 5.74) is 0. The smallest absolute Gasteiger partial charge is 0.220 e. The summed E-state index contributed by atoms with van der Waals surface area (Å²) in [5.74, 6) is 1.84. The Kier molecular flexibility index (Phi) is 4.83. The van der Waals surface area contributed by atoms with Gasteiger partial charge in [0.05, 0.1) is 20.3 Å². The predicted molar refractivity (Wildman–Crippen MR) is 57.4 cm³/mol. The maximum absolute atomic E-state index is 5.06. The number of hydrogen-bond donors (Lipinski definition) is 1. The normalized spacial score (nSPS) is 10.1. The SMILES string of the molecule is CNCCCc1nc(OC)cc(OC)n1. The lowest BCUT2D eigenvalue weighted by atomic mass is 10.3. The lowest BCUT2D eigenvalue weighted by Crippen LogP contribution is -2.10. The largest absolute Gasteiger partial charge is 0.481 e. The number of aryl methyl sites for hydroxylation is 1. The maximum atomic E-state index is 5.06. The van der Waals surface area contributed by atoms with Crippen molar-refractivity contribution in [3.63, 3.8) is 0 Å². The average molecular weight is 211 g/mol. The fourth-order valence-electron chi connectivity index (χ4n) is 1.19. The van der Waals surface area contributed by atoms with Crippen molar-refractivity contribution in [3.05, 3.63) is 11.9 Å². The molecule has 0 unspecified atom stereocenters. The van der Waals surface area contributed by atoms with Gasteiger partial charge in [0.25, 0.3) is 0 Å². The van der Waals surface area contributed by atoms with Crippen LogP contribution in [0.25, 0.3) is 0 Å². The zero-order valence-corrected chi connectivity index (χ0v) is 9.41. The van der Waals surface area contributed by atoms with Gasteiger partial charge in [-0.3, -0.25) is 0 Å². The van der Waals surface area contributed by atoms with Gasteiger partial charge >= 0.3 is 0 Å². The second kappa shape index (κ2) is 6.19. The minimum atomic E-state index is 0.543. The molecule has 0 bridgehead atoms. The zero-order valence-electron chi connectivity index (χ0n) is 9.41. The Labute approximate surface area is 89.8 Å². The van der Waals surface area contributed by atoms with Crippen molar-refractivity contribution < 1.29 is 9.47 Å². The summed E-state index contributed by atoms with van der Waals surface area (Å²) in [7, 11) is 5.09. The summed E-state index contributed by atoms with van der Waals surface area (Å²) < 4.78 is 10.1. The molecule has 0 aliphatic carbocycles. The molecule has 5 heteroatoms. The molecule has 0 fully saturated rings. The number of hydrogen-bond acceptors (Lipinski definition) is 5. The van der Waals surface area contributed by atoms with Gasteiger partial charge in [0, 0.05) is 6.42 Å². The van der Waals surface area contributed by atoms with Crippen molar-refractivity contribution in [1.82, 2.24) is 15.3 Å². The summed E-state index contributed by atoms with van der Waals surface area (Å²) in [6.45, 7) is 0.947. The van der Waals surface area contributed by atoms with Crippen LogP contribution >= 0.6 is 0 Å². The van der Waals surface area contributed by atoms with Crippen LogP contribution in [0.1, 0.15) is 12.2 Å². The molecule has 0 aliphatic rings. The summed E-state index contributed by atoms with van der Waals surface area (Å²) >= 11 is 0. The number of rotatable bonds is 6. The molecule has 1 heterocycles. The van der Waals surface area contributed by atoms with E-state index in [4.69, 9.17) is 9.47 Å². The van der Waals surface area contributed by atoms with Gasteiger partial charge < -0.3 is 14.8 Å². The number of aromatic nitrogens is 2. The van der Waals surface area contributed by atoms with Gasteiger partial charge in [-0.15, -0.1) is 0 Å². The van der Waals surface area contributed by atoms with Crippen molar-refractivity contribution in [1.29, 1.82) is 0 Å². The third-order valence-corrected chi connectivity index (χ3v) is 1.97. The summed E-state index contributed by atoms with van der Waals surface area (Å²) in [5, 5.41) is 3.08. The lowest BCUT2D eigenvalue weighted by Gasteiger charge is -2.05. The molecule has 15 heavy (non-hydrogen) atoms. The Bertz CT molecular complexity index is 282. The molecule has 0 aromatic carbocycles. The van der Waals surface area contributed by atoms with Crippen LogP contribution in [0.2, 0.25) is 0 Å². The van der Waals surface area contributed by atoms with Gasteiger partial charge in [0.1, 0.15) is 5.82 Å². The monoisotopic (exact) mass is 211 g/mol. The van der Waals surface area contributed by atoms with Crippen molar-refractivity contribution in [2.24, 2.45) is 0 Å². The molecule has 1 aromatic heterocycles. The van der Waals surface area contributed by atoms with Crippen molar-refractivity contribution in [2.45, 2.75) is 12.8 Å². The molecule has 0 aliphatic heterocycles. The summed E-state index contributed by atoms with van der Waals surface area (Å²) in [6.07, 6.45) is 1.81. The minimum Gasteiger partial charge on any atom is -0.481 e. The molecule has 0 atom stereocenters. The third-order valence-electron chi connectivity index (χ3n) is 1.97. The predicted octanol–water partition coefficient (Wildman–Crippen LogP) is 0.646. The number of ether oxygens (including phenoxy) is 2. The van der Waals surface area contributed by atoms with E-state index in [2.05, 4.69) is 15.3 Å². The first-order chi connectivity index (χ1) is 7.30. The highest BCUT2D eigenvalue weighted by molar-refractivity contribution is 5.20. The van der Waals surface area contributed by atoms with E-state index in [1.807, 2.05) is 7.05 Å². The molecule has 1 rings (SSSR count). The quantitative estimate of drug-likeness (QED) is 0.700. The van der Waals surface area contributed by atoms with Crippen LogP contribution < -0.4 is 14.8 Å². The van der Waals surface area contributed by atoms with E-state index >= 15 is 0 Å². The Morgan fingerprint density at radius 2 is 1.80 bits per heavy atom. The minimum absolute atomic E-state index is 0.543. The summed E-state index contributed by atoms with van der Waals surface area (Å²) in [4.78, 5) is 8.46.